The third-order valence-electron chi connectivity index (χ3n) is 8.46. The number of Topliss-reactive ketones (excluding diaryl/α,β-unsaturated/α-hetero) is 1. The fourth-order valence-corrected chi connectivity index (χ4v) is 7.07. The lowest BCUT2D eigenvalue weighted by Crippen LogP contribution is -2.73. The van der Waals surface area contributed by atoms with Crippen molar-refractivity contribution in [1.29, 1.82) is 0 Å². The van der Waals surface area contributed by atoms with E-state index >= 15 is 0 Å². The Morgan fingerprint density at radius 2 is 1.29 bits per heavy atom. The number of imide groups is 2. The molecule has 4 atom stereocenters. The fourth-order valence-electron chi connectivity index (χ4n) is 7.07. The van der Waals surface area contributed by atoms with Gasteiger partial charge in [-0.15, -0.1) is 0 Å². The number of benzene rings is 1. The number of hydrogen-bond acceptors (Lipinski definition) is 6. The van der Waals surface area contributed by atoms with Gasteiger partial charge in [0.1, 0.15) is 0 Å². The van der Waals surface area contributed by atoms with E-state index in [0.29, 0.717) is 5.56 Å². The molecule has 1 N–H and O–H groups in total. The topological polar surface area (TPSA) is 121 Å². The molecule has 0 spiro atoms. The molecule has 4 unspecified atom stereocenters. The van der Waals surface area contributed by atoms with Gasteiger partial charge in [-0.3, -0.25) is 38.6 Å². The van der Waals surface area contributed by atoms with Crippen LogP contribution in [0.5, 0.6) is 0 Å². The largest absolute Gasteiger partial charge is 0.341 e. The number of carbonyl (C=O) groups is 6. The molecule has 2 heterocycles. The van der Waals surface area contributed by atoms with E-state index in [1.165, 1.54) is 13.0 Å². The average Bonchev–Trinajstić information content (AvgIpc) is 3.26. The van der Waals surface area contributed by atoms with Crippen LogP contribution in [0.1, 0.15) is 38.1 Å². The first kappa shape index (κ1) is 23.1. The second-order valence-corrected chi connectivity index (χ2v) is 9.90. The highest BCUT2D eigenvalue weighted by atomic mass is 16.2. The van der Waals surface area contributed by atoms with Gasteiger partial charge in [0.2, 0.25) is 23.6 Å². The molecule has 2 saturated heterocycles. The van der Waals surface area contributed by atoms with Crippen molar-refractivity contribution in [1.82, 2.24) is 15.1 Å². The van der Waals surface area contributed by atoms with E-state index in [-0.39, 0.29) is 24.4 Å². The summed E-state index contributed by atoms with van der Waals surface area (Å²) < 4.78 is 0. The zero-order valence-corrected chi connectivity index (χ0v) is 20.0. The van der Waals surface area contributed by atoms with Crippen LogP contribution in [-0.4, -0.2) is 63.7 Å². The van der Waals surface area contributed by atoms with Gasteiger partial charge in [-0.05, 0) is 32.9 Å². The molecular weight excluding hydrogens is 450 g/mol. The van der Waals surface area contributed by atoms with Crippen LogP contribution in [0.15, 0.2) is 42.0 Å². The van der Waals surface area contributed by atoms with Gasteiger partial charge in [-0.1, -0.05) is 31.2 Å². The van der Waals surface area contributed by atoms with Gasteiger partial charge < -0.3 is 5.32 Å². The molecular formula is C26H27N3O6. The smallest absolute Gasteiger partial charge is 0.252 e. The highest BCUT2D eigenvalue weighted by Gasteiger charge is 2.80. The second-order valence-electron chi connectivity index (χ2n) is 9.90. The zero-order chi connectivity index (χ0) is 25.4. The maximum absolute atomic E-state index is 13.7. The number of nitrogens with zero attached hydrogens (tertiary/aromatic N) is 2. The monoisotopic (exact) mass is 477 g/mol. The predicted octanol–water partition coefficient (Wildman–Crippen LogP) is 0.946. The molecule has 2 bridgehead atoms. The molecule has 3 aliphatic carbocycles. The minimum Gasteiger partial charge on any atom is -0.341 e. The summed E-state index contributed by atoms with van der Waals surface area (Å²) >= 11 is 0. The van der Waals surface area contributed by atoms with E-state index < -0.39 is 64.2 Å². The van der Waals surface area contributed by atoms with E-state index in [1.807, 2.05) is 0 Å². The zero-order valence-electron chi connectivity index (χ0n) is 20.0. The normalized spacial score (nSPS) is 35.3. The van der Waals surface area contributed by atoms with Crippen LogP contribution in [0.4, 0.5) is 0 Å². The Hall–Kier alpha value is -3.62. The first-order chi connectivity index (χ1) is 16.6. The number of amides is 5. The minimum atomic E-state index is -1.70. The van der Waals surface area contributed by atoms with Gasteiger partial charge in [-0.2, -0.15) is 0 Å². The number of carbonyl (C=O) groups excluding carboxylic acids is 6. The minimum absolute atomic E-state index is 0.108. The molecule has 1 aromatic carbocycles. The van der Waals surface area contributed by atoms with Crippen molar-refractivity contribution in [2.75, 3.05) is 13.1 Å². The Bertz CT molecular complexity index is 1190. The van der Waals surface area contributed by atoms with Crippen molar-refractivity contribution in [2.24, 2.45) is 29.1 Å². The van der Waals surface area contributed by atoms with Crippen LogP contribution in [0, 0.1) is 29.1 Å². The molecule has 0 radical (unpaired) electrons. The Morgan fingerprint density at radius 1 is 0.829 bits per heavy atom. The SMILES string of the molecule is CCN1C(=O)C2C(C1=O)C1(C)C(C(C)=O)=CC2(NC(=O)c2ccccc2)C2C(=O)N(CC)C(=O)C21. The summed E-state index contributed by atoms with van der Waals surface area (Å²) in [5.41, 5.74) is -2.56. The van der Waals surface area contributed by atoms with Crippen molar-refractivity contribution in [3.05, 3.63) is 47.5 Å². The van der Waals surface area contributed by atoms with Crippen LogP contribution < -0.4 is 5.32 Å². The summed E-state index contributed by atoms with van der Waals surface area (Å²) in [6, 6.07) is 8.29. The standard InChI is InChI=1S/C26H27N3O6/c1-5-28-21(32)16-18(23(28)34)26(27-20(31)14-10-8-7-9-11-14)12-15(13(3)30)25(16,4)17-19(26)24(35)29(6-2)22(17)33/h7-12,16-19H,5-6H2,1-4H3,(H,27,31). The third kappa shape index (κ3) is 2.63. The molecule has 3 fully saturated rings. The van der Waals surface area contributed by atoms with Crippen molar-refractivity contribution in [3.8, 4) is 0 Å². The Morgan fingerprint density at radius 3 is 1.71 bits per heavy atom. The summed E-state index contributed by atoms with van der Waals surface area (Å²) in [7, 11) is 0. The molecule has 1 aromatic rings. The van der Waals surface area contributed by atoms with Crippen LogP contribution in [0.2, 0.25) is 0 Å². The first-order valence-corrected chi connectivity index (χ1v) is 11.9. The molecule has 6 rings (SSSR count). The van der Waals surface area contributed by atoms with Gasteiger partial charge in [0.05, 0.1) is 29.2 Å². The highest BCUT2D eigenvalue weighted by molar-refractivity contribution is 6.15. The van der Waals surface area contributed by atoms with Crippen LogP contribution in [-0.2, 0) is 24.0 Å². The van der Waals surface area contributed by atoms with Crippen LogP contribution in [0.25, 0.3) is 0 Å². The summed E-state index contributed by atoms with van der Waals surface area (Å²) in [6.45, 7) is 6.54. The maximum Gasteiger partial charge on any atom is 0.252 e. The number of ketones is 1. The first-order valence-electron chi connectivity index (χ1n) is 11.9. The van der Waals surface area contributed by atoms with Crippen molar-refractivity contribution < 1.29 is 28.8 Å². The number of rotatable bonds is 5. The van der Waals surface area contributed by atoms with E-state index in [1.54, 1.807) is 51.1 Å². The summed E-state index contributed by atoms with van der Waals surface area (Å²) in [5.74, 6) is -7.21. The van der Waals surface area contributed by atoms with E-state index in [2.05, 4.69) is 5.32 Å². The van der Waals surface area contributed by atoms with Crippen molar-refractivity contribution in [3.63, 3.8) is 0 Å². The summed E-state index contributed by atoms with van der Waals surface area (Å²) in [6.07, 6.45) is 1.51. The number of allylic oxidation sites excluding steroid dienone is 1. The molecule has 9 nitrogen and oxygen atoms in total. The number of likely N-dealkylation sites (tertiary alicyclic amines) is 2. The lowest BCUT2D eigenvalue weighted by molar-refractivity contribution is -0.152. The van der Waals surface area contributed by atoms with Crippen molar-refractivity contribution >= 4 is 35.3 Å². The summed E-state index contributed by atoms with van der Waals surface area (Å²) in [4.78, 5) is 83.2. The molecule has 182 valence electrons. The van der Waals surface area contributed by atoms with E-state index in [0.717, 1.165) is 9.80 Å². The van der Waals surface area contributed by atoms with Gasteiger partial charge in [0.25, 0.3) is 5.91 Å². The van der Waals surface area contributed by atoms with Gasteiger partial charge in [-0.25, -0.2) is 0 Å². The summed E-state index contributed by atoms with van der Waals surface area (Å²) in [5, 5.41) is 2.91. The Labute approximate surface area is 202 Å². The van der Waals surface area contributed by atoms with E-state index in [9.17, 15) is 28.8 Å². The second kappa shape index (κ2) is 7.44. The lowest BCUT2D eigenvalue weighted by atomic mass is 9.41. The third-order valence-corrected chi connectivity index (χ3v) is 8.46. The van der Waals surface area contributed by atoms with Crippen molar-refractivity contribution in [2.45, 2.75) is 33.2 Å². The quantitative estimate of drug-likeness (QED) is 0.631. The number of nitrogens with one attached hydrogen (secondary N) is 1. The lowest BCUT2D eigenvalue weighted by Gasteiger charge is -2.60. The van der Waals surface area contributed by atoms with E-state index in [4.69, 9.17) is 0 Å². The molecule has 1 saturated carbocycles. The molecule has 9 heteroatoms. The van der Waals surface area contributed by atoms with Crippen LogP contribution in [0.3, 0.4) is 0 Å². The predicted molar refractivity (Wildman–Crippen MR) is 122 cm³/mol. The molecule has 0 aromatic heterocycles. The molecule has 35 heavy (non-hydrogen) atoms. The molecule has 2 aliphatic heterocycles. The fraction of sp³-hybridized carbons (Fsp3) is 0.462. The van der Waals surface area contributed by atoms with Gasteiger partial charge in [0, 0.05) is 29.6 Å². The van der Waals surface area contributed by atoms with Gasteiger partial charge in [0.15, 0.2) is 5.78 Å². The highest BCUT2D eigenvalue weighted by Crippen LogP contribution is 2.67. The van der Waals surface area contributed by atoms with Gasteiger partial charge >= 0.3 is 0 Å². The number of hydrogen-bond donors (Lipinski definition) is 1. The maximum atomic E-state index is 13.7. The molecule has 5 amide bonds. The Kier molecular flexibility index (Phi) is 4.92. The average molecular weight is 478 g/mol. The van der Waals surface area contributed by atoms with Crippen LogP contribution >= 0.6 is 0 Å². The Balaban J connectivity index is 1.81. The molecule has 5 aliphatic rings.